The lowest BCUT2D eigenvalue weighted by Gasteiger charge is -2.42. The average molecular weight is 366 g/mol. The second-order valence-electron chi connectivity index (χ2n) is 7.30. The SMILES string of the molecule is O=C(C1CNNN1)N1CCC(C(O)(c2ccccc2)c2ccccc2)CC1. The molecule has 2 aliphatic rings. The van der Waals surface area contributed by atoms with E-state index in [0.717, 1.165) is 24.0 Å². The molecule has 6 heteroatoms. The Balaban J connectivity index is 1.55. The molecular weight excluding hydrogens is 340 g/mol. The van der Waals surface area contributed by atoms with Crippen molar-refractivity contribution in [2.45, 2.75) is 24.5 Å². The highest BCUT2D eigenvalue weighted by atomic mass is 16.3. The fourth-order valence-corrected chi connectivity index (χ4v) is 4.25. The lowest BCUT2D eigenvalue weighted by molar-refractivity contribution is -0.135. The summed E-state index contributed by atoms with van der Waals surface area (Å²) in [6.07, 6.45) is 1.53. The Morgan fingerprint density at radius 1 is 0.963 bits per heavy atom. The van der Waals surface area contributed by atoms with Gasteiger partial charge in [0.25, 0.3) is 0 Å². The number of benzene rings is 2. The molecule has 4 rings (SSSR count). The van der Waals surface area contributed by atoms with Gasteiger partial charge < -0.3 is 10.0 Å². The summed E-state index contributed by atoms with van der Waals surface area (Å²) >= 11 is 0. The Morgan fingerprint density at radius 2 is 1.52 bits per heavy atom. The minimum absolute atomic E-state index is 0.0548. The predicted octanol–water partition coefficient (Wildman–Crippen LogP) is 1.14. The van der Waals surface area contributed by atoms with Crippen LogP contribution in [-0.4, -0.2) is 41.6 Å². The van der Waals surface area contributed by atoms with E-state index in [-0.39, 0.29) is 17.9 Å². The summed E-state index contributed by atoms with van der Waals surface area (Å²) in [5.41, 5.74) is 9.41. The molecule has 0 radical (unpaired) electrons. The van der Waals surface area contributed by atoms with Crippen molar-refractivity contribution in [1.82, 2.24) is 21.3 Å². The van der Waals surface area contributed by atoms with Crippen molar-refractivity contribution in [3.8, 4) is 0 Å². The van der Waals surface area contributed by atoms with E-state index in [9.17, 15) is 9.90 Å². The number of aliphatic hydroxyl groups is 1. The number of rotatable bonds is 4. The third-order valence-electron chi connectivity index (χ3n) is 5.76. The zero-order valence-electron chi connectivity index (χ0n) is 15.3. The van der Waals surface area contributed by atoms with Crippen molar-refractivity contribution in [2.24, 2.45) is 5.92 Å². The number of piperidine rings is 1. The fourth-order valence-electron chi connectivity index (χ4n) is 4.25. The van der Waals surface area contributed by atoms with Gasteiger partial charge >= 0.3 is 0 Å². The van der Waals surface area contributed by atoms with E-state index < -0.39 is 5.60 Å². The molecule has 0 aromatic heterocycles. The van der Waals surface area contributed by atoms with Crippen LogP contribution in [-0.2, 0) is 10.4 Å². The molecule has 1 amide bonds. The Hall–Kier alpha value is -2.25. The maximum atomic E-state index is 12.6. The number of hydrogen-bond donors (Lipinski definition) is 4. The minimum Gasteiger partial charge on any atom is -0.380 e. The first-order valence-corrected chi connectivity index (χ1v) is 9.55. The summed E-state index contributed by atoms with van der Waals surface area (Å²) in [4.78, 5) is 14.5. The van der Waals surface area contributed by atoms with E-state index in [1.807, 2.05) is 65.6 Å². The molecule has 142 valence electrons. The number of hydrogen-bond acceptors (Lipinski definition) is 5. The number of amides is 1. The van der Waals surface area contributed by atoms with Gasteiger partial charge in [-0.25, -0.2) is 10.9 Å². The Bertz CT molecular complexity index is 715. The molecule has 0 aliphatic carbocycles. The van der Waals surface area contributed by atoms with E-state index in [1.165, 1.54) is 0 Å². The normalized spacial score (nSPS) is 21.4. The number of hydrazine groups is 2. The molecule has 1 unspecified atom stereocenters. The smallest absolute Gasteiger partial charge is 0.242 e. The Morgan fingerprint density at radius 3 is 2.00 bits per heavy atom. The highest BCUT2D eigenvalue weighted by Gasteiger charge is 2.42. The number of nitrogens with one attached hydrogen (secondary N) is 3. The molecule has 2 aliphatic heterocycles. The van der Waals surface area contributed by atoms with Gasteiger partial charge in [0.1, 0.15) is 11.6 Å². The van der Waals surface area contributed by atoms with Crippen molar-refractivity contribution < 1.29 is 9.90 Å². The summed E-state index contributed by atoms with van der Waals surface area (Å²) in [5.74, 6) is 0.160. The predicted molar refractivity (Wildman–Crippen MR) is 103 cm³/mol. The fraction of sp³-hybridized carbons (Fsp3) is 0.381. The lowest BCUT2D eigenvalue weighted by Crippen LogP contribution is -2.51. The van der Waals surface area contributed by atoms with Gasteiger partial charge in [-0.2, -0.15) is 5.53 Å². The van der Waals surface area contributed by atoms with Crippen molar-refractivity contribution >= 4 is 5.91 Å². The number of likely N-dealkylation sites (tertiary alicyclic amines) is 1. The number of carbonyl (C=O) groups excluding carboxylic acids is 1. The molecule has 27 heavy (non-hydrogen) atoms. The Kier molecular flexibility index (Phi) is 5.22. The van der Waals surface area contributed by atoms with Crippen LogP contribution in [0.1, 0.15) is 24.0 Å². The second-order valence-corrected chi connectivity index (χ2v) is 7.30. The van der Waals surface area contributed by atoms with Crippen LogP contribution in [0.3, 0.4) is 0 Å². The molecule has 2 aromatic rings. The maximum absolute atomic E-state index is 12.6. The zero-order chi connectivity index (χ0) is 18.7. The first kappa shape index (κ1) is 18.1. The van der Waals surface area contributed by atoms with Crippen molar-refractivity contribution in [3.05, 3.63) is 71.8 Å². The van der Waals surface area contributed by atoms with Gasteiger partial charge in [0, 0.05) is 19.6 Å². The molecule has 2 saturated heterocycles. The molecule has 2 heterocycles. The van der Waals surface area contributed by atoms with Crippen LogP contribution in [0.5, 0.6) is 0 Å². The van der Waals surface area contributed by atoms with Crippen LogP contribution < -0.4 is 16.4 Å². The van der Waals surface area contributed by atoms with Gasteiger partial charge in [0.2, 0.25) is 5.91 Å². The van der Waals surface area contributed by atoms with Gasteiger partial charge in [-0.15, -0.1) is 0 Å². The molecular formula is C21H26N4O2. The van der Waals surface area contributed by atoms with Crippen molar-refractivity contribution in [2.75, 3.05) is 19.6 Å². The van der Waals surface area contributed by atoms with E-state index in [4.69, 9.17) is 0 Å². The summed E-state index contributed by atoms with van der Waals surface area (Å²) in [6.45, 7) is 1.89. The van der Waals surface area contributed by atoms with E-state index >= 15 is 0 Å². The third kappa shape index (κ3) is 3.49. The monoisotopic (exact) mass is 366 g/mol. The number of nitrogens with zero attached hydrogens (tertiary/aromatic N) is 1. The molecule has 0 bridgehead atoms. The van der Waals surface area contributed by atoms with E-state index in [1.54, 1.807) is 0 Å². The molecule has 1 atom stereocenters. The highest BCUT2D eigenvalue weighted by Crippen LogP contribution is 2.41. The topological polar surface area (TPSA) is 76.6 Å². The molecule has 0 spiro atoms. The largest absolute Gasteiger partial charge is 0.380 e. The van der Waals surface area contributed by atoms with Crippen molar-refractivity contribution in [1.29, 1.82) is 0 Å². The first-order chi connectivity index (χ1) is 13.2. The van der Waals surface area contributed by atoms with Crippen LogP contribution in [0, 0.1) is 5.92 Å². The lowest BCUT2D eigenvalue weighted by atomic mass is 9.72. The average Bonchev–Trinajstić information content (AvgIpc) is 3.29. The van der Waals surface area contributed by atoms with Crippen LogP contribution in [0.15, 0.2) is 60.7 Å². The van der Waals surface area contributed by atoms with Gasteiger partial charge in [-0.05, 0) is 29.9 Å². The standard InChI is InChI=1S/C21H26N4O2/c26-20(19-15-22-24-23-19)25-13-11-18(12-14-25)21(27,16-7-3-1-4-8-16)17-9-5-2-6-10-17/h1-10,18-19,22-24,27H,11-15H2. The van der Waals surface area contributed by atoms with Crippen LogP contribution in [0.2, 0.25) is 0 Å². The summed E-state index contributed by atoms with van der Waals surface area (Å²) < 4.78 is 0. The van der Waals surface area contributed by atoms with Crippen molar-refractivity contribution in [3.63, 3.8) is 0 Å². The minimum atomic E-state index is -1.05. The Labute approximate surface area is 159 Å². The molecule has 4 N–H and O–H groups in total. The molecule has 0 saturated carbocycles. The van der Waals surface area contributed by atoms with Crippen LogP contribution in [0.25, 0.3) is 0 Å². The maximum Gasteiger partial charge on any atom is 0.242 e. The van der Waals surface area contributed by atoms with E-state index in [0.29, 0.717) is 19.6 Å². The highest BCUT2D eigenvalue weighted by molar-refractivity contribution is 5.82. The summed E-state index contributed by atoms with van der Waals surface area (Å²) in [6, 6.07) is 19.5. The summed E-state index contributed by atoms with van der Waals surface area (Å²) in [7, 11) is 0. The van der Waals surface area contributed by atoms with Crippen LogP contribution >= 0.6 is 0 Å². The van der Waals surface area contributed by atoms with Gasteiger partial charge in [-0.3, -0.25) is 4.79 Å². The van der Waals surface area contributed by atoms with Gasteiger partial charge in [-0.1, -0.05) is 60.7 Å². The van der Waals surface area contributed by atoms with Gasteiger partial charge in [0.05, 0.1) is 0 Å². The quantitative estimate of drug-likeness (QED) is 0.653. The van der Waals surface area contributed by atoms with Gasteiger partial charge in [0.15, 0.2) is 0 Å². The molecule has 2 fully saturated rings. The molecule has 2 aromatic carbocycles. The summed E-state index contributed by atoms with van der Waals surface area (Å²) in [5, 5.41) is 11.9. The molecule has 6 nitrogen and oxygen atoms in total. The first-order valence-electron chi connectivity index (χ1n) is 9.55. The zero-order valence-corrected chi connectivity index (χ0v) is 15.3. The van der Waals surface area contributed by atoms with Crippen LogP contribution in [0.4, 0.5) is 0 Å². The van der Waals surface area contributed by atoms with E-state index in [2.05, 4.69) is 16.4 Å². The third-order valence-corrected chi connectivity index (χ3v) is 5.76. The number of carbonyl (C=O) groups is 1. The second kappa shape index (κ2) is 7.78.